The molecule has 1 aliphatic heterocycles. The van der Waals surface area contributed by atoms with Crippen molar-refractivity contribution in [1.82, 2.24) is 14.5 Å². The highest BCUT2D eigenvalue weighted by molar-refractivity contribution is 5.86. The number of aryl methyl sites for hydroxylation is 1. The molecule has 0 bridgehead atoms. The second-order valence-electron chi connectivity index (χ2n) is 6.60. The number of anilines is 1. The van der Waals surface area contributed by atoms with E-state index in [2.05, 4.69) is 14.9 Å². The van der Waals surface area contributed by atoms with Crippen LogP contribution in [0.2, 0.25) is 0 Å². The number of aliphatic hydroxyl groups is 1. The molecule has 3 heterocycles. The zero-order valence-electron chi connectivity index (χ0n) is 12.5. The van der Waals surface area contributed by atoms with Crippen molar-refractivity contribution >= 4 is 16.9 Å². The van der Waals surface area contributed by atoms with Crippen molar-refractivity contribution in [1.29, 1.82) is 0 Å². The molecule has 0 aromatic carbocycles. The van der Waals surface area contributed by atoms with Gasteiger partial charge in [0.2, 0.25) is 0 Å². The van der Waals surface area contributed by atoms with E-state index >= 15 is 0 Å². The minimum atomic E-state index is -0.438. The number of nitrogens with zero attached hydrogens (tertiary/aromatic N) is 4. The highest BCUT2D eigenvalue weighted by Gasteiger charge is 2.43. The molecule has 2 fully saturated rings. The van der Waals surface area contributed by atoms with E-state index in [0.29, 0.717) is 5.92 Å². The van der Waals surface area contributed by atoms with Crippen LogP contribution in [-0.4, -0.2) is 38.3 Å². The van der Waals surface area contributed by atoms with E-state index < -0.39 is 5.60 Å². The minimum Gasteiger partial charge on any atom is -0.389 e. The normalized spacial score (nSPS) is 29.6. The quantitative estimate of drug-likeness (QED) is 0.872. The Kier molecular flexibility index (Phi) is 2.92. The van der Waals surface area contributed by atoms with Gasteiger partial charge in [-0.3, -0.25) is 0 Å². The van der Waals surface area contributed by atoms with Crippen LogP contribution in [0.5, 0.6) is 0 Å². The lowest BCUT2D eigenvalue weighted by atomic mass is 9.71. The van der Waals surface area contributed by atoms with Crippen LogP contribution in [0.15, 0.2) is 18.6 Å². The van der Waals surface area contributed by atoms with Crippen molar-refractivity contribution in [3.8, 4) is 0 Å². The highest BCUT2D eigenvalue weighted by Crippen LogP contribution is 2.41. The summed E-state index contributed by atoms with van der Waals surface area (Å²) in [6.07, 6.45) is 9.06. The van der Waals surface area contributed by atoms with Gasteiger partial charge < -0.3 is 14.6 Å². The Morgan fingerprint density at radius 1 is 1.29 bits per heavy atom. The Hall–Kier alpha value is -1.62. The number of hydrogen-bond acceptors (Lipinski definition) is 4. The van der Waals surface area contributed by atoms with Crippen molar-refractivity contribution in [2.75, 3.05) is 18.0 Å². The van der Waals surface area contributed by atoms with E-state index in [0.717, 1.165) is 49.2 Å². The predicted molar refractivity (Wildman–Crippen MR) is 82.2 cm³/mol. The third kappa shape index (κ3) is 2.02. The summed E-state index contributed by atoms with van der Waals surface area (Å²) in [6, 6.07) is 2.01. The van der Waals surface area contributed by atoms with Gasteiger partial charge in [0, 0.05) is 32.3 Å². The van der Waals surface area contributed by atoms with E-state index in [1.165, 1.54) is 12.8 Å². The Labute approximate surface area is 124 Å². The molecule has 1 aliphatic carbocycles. The Bertz CT molecular complexity index is 667. The molecule has 0 radical (unpaired) electrons. The van der Waals surface area contributed by atoms with Crippen LogP contribution in [0.3, 0.4) is 0 Å². The summed E-state index contributed by atoms with van der Waals surface area (Å²) in [4.78, 5) is 11.4. The van der Waals surface area contributed by atoms with Gasteiger partial charge >= 0.3 is 0 Å². The molecule has 2 aliphatic rings. The molecule has 5 nitrogen and oxygen atoms in total. The first-order chi connectivity index (χ1) is 10.2. The molecule has 2 aromatic rings. The summed E-state index contributed by atoms with van der Waals surface area (Å²) in [5.41, 5.74) is 1.65. The molecule has 1 saturated heterocycles. The van der Waals surface area contributed by atoms with E-state index in [9.17, 15) is 5.11 Å². The standard InChI is InChI=1S/C16H22N4O/c1-19-11-18-14-13(19)5-8-17-15(14)20-9-7-16(21)6-3-2-4-12(16)10-20/h5,8,11-12,21H,2-4,6-7,9-10H2,1H3. The minimum absolute atomic E-state index is 0.376. The monoisotopic (exact) mass is 286 g/mol. The first-order valence-electron chi connectivity index (χ1n) is 7.91. The molecule has 0 spiro atoms. The summed E-state index contributed by atoms with van der Waals surface area (Å²) in [6.45, 7) is 1.77. The van der Waals surface area contributed by atoms with Crippen LogP contribution in [-0.2, 0) is 7.05 Å². The van der Waals surface area contributed by atoms with Gasteiger partial charge in [0.25, 0.3) is 0 Å². The Morgan fingerprint density at radius 3 is 3.10 bits per heavy atom. The van der Waals surface area contributed by atoms with E-state index in [1.54, 1.807) is 0 Å². The van der Waals surface area contributed by atoms with Crippen LogP contribution in [0.4, 0.5) is 5.82 Å². The lowest BCUT2D eigenvalue weighted by Gasteiger charge is -2.47. The predicted octanol–water partition coefficient (Wildman–Crippen LogP) is 2.10. The molecule has 4 rings (SSSR count). The van der Waals surface area contributed by atoms with E-state index in [4.69, 9.17) is 0 Å². The molecular weight excluding hydrogens is 264 g/mol. The SMILES string of the molecule is Cn1cnc2c(N3CCC4(O)CCCCC4C3)nccc21. The lowest BCUT2D eigenvalue weighted by molar-refractivity contribution is -0.0613. The van der Waals surface area contributed by atoms with Gasteiger partial charge in [-0.15, -0.1) is 0 Å². The van der Waals surface area contributed by atoms with Gasteiger partial charge in [-0.05, 0) is 25.3 Å². The Balaban J connectivity index is 1.67. The fourth-order valence-corrected chi connectivity index (χ4v) is 4.04. The Morgan fingerprint density at radius 2 is 2.19 bits per heavy atom. The van der Waals surface area contributed by atoms with Gasteiger partial charge in [-0.2, -0.15) is 0 Å². The summed E-state index contributed by atoms with van der Waals surface area (Å²) in [5, 5.41) is 10.8. The first-order valence-corrected chi connectivity index (χ1v) is 7.91. The molecule has 1 N–H and O–H groups in total. The highest BCUT2D eigenvalue weighted by atomic mass is 16.3. The fourth-order valence-electron chi connectivity index (χ4n) is 4.04. The zero-order chi connectivity index (χ0) is 14.4. The van der Waals surface area contributed by atoms with E-state index in [1.807, 2.05) is 30.2 Å². The number of imidazole rings is 1. The van der Waals surface area contributed by atoms with Crippen LogP contribution < -0.4 is 4.90 Å². The third-order valence-electron chi connectivity index (χ3n) is 5.35. The summed E-state index contributed by atoms with van der Waals surface area (Å²) < 4.78 is 2.03. The summed E-state index contributed by atoms with van der Waals surface area (Å²) >= 11 is 0. The van der Waals surface area contributed by atoms with Crippen LogP contribution in [0, 0.1) is 5.92 Å². The number of pyridine rings is 1. The van der Waals surface area contributed by atoms with Gasteiger partial charge in [0.05, 0.1) is 17.4 Å². The maximum atomic E-state index is 10.8. The smallest absolute Gasteiger partial charge is 0.156 e. The molecule has 0 amide bonds. The van der Waals surface area contributed by atoms with Crippen molar-refractivity contribution < 1.29 is 5.11 Å². The number of hydrogen-bond donors (Lipinski definition) is 1. The molecule has 21 heavy (non-hydrogen) atoms. The summed E-state index contributed by atoms with van der Waals surface area (Å²) in [7, 11) is 2.01. The molecule has 5 heteroatoms. The number of piperidine rings is 1. The average molecular weight is 286 g/mol. The molecule has 112 valence electrons. The fraction of sp³-hybridized carbons (Fsp3) is 0.625. The summed E-state index contributed by atoms with van der Waals surface area (Å²) in [5.74, 6) is 1.35. The number of aromatic nitrogens is 3. The maximum absolute atomic E-state index is 10.8. The van der Waals surface area contributed by atoms with Gasteiger partial charge in [-0.25, -0.2) is 9.97 Å². The average Bonchev–Trinajstić information content (AvgIpc) is 2.88. The van der Waals surface area contributed by atoms with Gasteiger partial charge in [-0.1, -0.05) is 12.8 Å². The molecule has 2 aromatic heterocycles. The van der Waals surface area contributed by atoms with Gasteiger partial charge in [0.1, 0.15) is 5.52 Å². The second kappa shape index (κ2) is 4.70. The lowest BCUT2D eigenvalue weighted by Crippen LogP contribution is -2.53. The molecule has 2 atom stereocenters. The van der Waals surface area contributed by atoms with Crippen LogP contribution in [0.1, 0.15) is 32.1 Å². The maximum Gasteiger partial charge on any atom is 0.156 e. The van der Waals surface area contributed by atoms with Crippen molar-refractivity contribution in [2.45, 2.75) is 37.7 Å². The molecule has 1 saturated carbocycles. The third-order valence-corrected chi connectivity index (χ3v) is 5.35. The first kappa shape index (κ1) is 13.1. The number of rotatable bonds is 1. The molecular formula is C16H22N4O. The second-order valence-corrected chi connectivity index (χ2v) is 6.60. The topological polar surface area (TPSA) is 54.2 Å². The number of fused-ring (bicyclic) bond motifs is 2. The van der Waals surface area contributed by atoms with Crippen molar-refractivity contribution in [2.24, 2.45) is 13.0 Å². The molecule has 2 unspecified atom stereocenters. The zero-order valence-corrected chi connectivity index (χ0v) is 12.5. The van der Waals surface area contributed by atoms with Crippen LogP contribution in [0.25, 0.3) is 11.0 Å². The van der Waals surface area contributed by atoms with Crippen LogP contribution >= 0.6 is 0 Å². The largest absolute Gasteiger partial charge is 0.389 e. The van der Waals surface area contributed by atoms with Crippen molar-refractivity contribution in [3.05, 3.63) is 18.6 Å². The van der Waals surface area contributed by atoms with Gasteiger partial charge in [0.15, 0.2) is 5.82 Å². The van der Waals surface area contributed by atoms with E-state index in [-0.39, 0.29) is 0 Å². The van der Waals surface area contributed by atoms with Crippen molar-refractivity contribution in [3.63, 3.8) is 0 Å².